The molecule has 1 aliphatic heterocycles. The maximum absolute atomic E-state index is 5.79. The van der Waals surface area contributed by atoms with E-state index in [9.17, 15) is 0 Å². The second kappa shape index (κ2) is 5.67. The average Bonchev–Trinajstić information content (AvgIpc) is 2.35. The Morgan fingerprint density at radius 2 is 2.31 bits per heavy atom. The lowest BCUT2D eigenvalue weighted by molar-refractivity contribution is 0.0414. The molecule has 1 N–H and O–H groups in total. The van der Waals surface area contributed by atoms with Gasteiger partial charge < -0.3 is 10.1 Å². The number of rotatable bonds is 4. The smallest absolute Gasteiger partial charge is 0.0952 e. The van der Waals surface area contributed by atoms with Crippen LogP contribution in [0.3, 0.4) is 0 Å². The Morgan fingerprint density at radius 1 is 1.50 bits per heavy atom. The third-order valence-corrected chi connectivity index (χ3v) is 3.44. The number of ether oxygens (including phenoxy) is 1. The molecule has 0 amide bonds. The zero-order valence-corrected chi connectivity index (χ0v) is 10.3. The molecule has 1 aromatic rings. The van der Waals surface area contributed by atoms with Crippen LogP contribution in [0.15, 0.2) is 24.3 Å². The standard InChI is InChI=1S/C13H18ClNO/c1-10(8-14)15-9-13-12-5-3-2-4-11(12)6-7-16-13/h2-5,10,13,15H,6-9H2,1H3. The predicted octanol–water partition coefficient (Wildman–Crippen LogP) is 2.52. The van der Waals surface area contributed by atoms with E-state index < -0.39 is 0 Å². The molecule has 0 fully saturated rings. The van der Waals surface area contributed by atoms with Crippen LogP contribution in [0.2, 0.25) is 0 Å². The van der Waals surface area contributed by atoms with Crippen molar-refractivity contribution in [2.24, 2.45) is 0 Å². The first-order valence-electron chi connectivity index (χ1n) is 5.80. The van der Waals surface area contributed by atoms with Crippen LogP contribution >= 0.6 is 11.6 Å². The van der Waals surface area contributed by atoms with Gasteiger partial charge in [0, 0.05) is 18.5 Å². The quantitative estimate of drug-likeness (QED) is 0.816. The molecule has 0 bridgehead atoms. The van der Waals surface area contributed by atoms with Gasteiger partial charge in [0.25, 0.3) is 0 Å². The van der Waals surface area contributed by atoms with E-state index in [0.717, 1.165) is 19.6 Å². The summed E-state index contributed by atoms with van der Waals surface area (Å²) in [5, 5.41) is 3.39. The third-order valence-electron chi connectivity index (χ3n) is 2.98. The third kappa shape index (κ3) is 2.76. The Balaban J connectivity index is 2.01. The largest absolute Gasteiger partial charge is 0.372 e. The van der Waals surface area contributed by atoms with Gasteiger partial charge in [-0.25, -0.2) is 0 Å². The monoisotopic (exact) mass is 239 g/mol. The van der Waals surface area contributed by atoms with E-state index in [0.29, 0.717) is 11.9 Å². The van der Waals surface area contributed by atoms with E-state index in [4.69, 9.17) is 16.3 Å². The highest BCUT2D eigenvalue weighted by Gasteiger charge is 2.20. The summed E-state index contributed by atoms with van der Waals surface area (Å²) in [5.74, 6) is 0.633. The van der Waals surface area contributed by atoms with Crippen molar-refractivity contribution >= 4 is 11.6 Å². The molecule has 0 saturated carbocycles. The van der Waals surface area contributed by atoms with Crippen LogP contribution in [0.25, 0.3) is 0 Å². The average molecular weight is 240 g/mol. The molecule has 1 aliphatic rings. The highest BCUT2D eigenvalue weighted by Crippen LogP contribution is 2.26. The molecule has 0 aliphatic carbocycles. The van der Waals surface area contributed by atoms with Gasteiger partial charge in [-0.2, -0.15) is 0 Å². The Labute approximate surface area is 102 Å². The second-order valence-corrected chi connectivity index (χ2v) is 4.58. The van der Waals surface area contributed by atoms with Crippen molar-refractivity contribution in [1.82, 2.24) is 5.32 Å². The van der Waals surface area contributed by atoms with Crippen molar-refractivity contribution in [2.45, 2.75) is 25.5 Å². The van der Waals surface area contributed by atoms with E-state index in [-0.39, 0.29) is 6.10 Å². The van der Waals surface area contributed by atoms with Gasteiger partial charge in [-0.3, -0.25) is 0 Å². The van der Waals surface area contributed by atoms with Gasteiger partial charge in [-0.05, 0) is 24.5 Å². The lowest BCUT2D eigenvalue weighted by Crippen LogP contribution is -2.34. The molecule has 0 radical (unpaired) electrons. The summed E-state index contributed by atoms with van der Waals surface area (Å²) < 4.78 is 5.79. The Hall–Kier alpha value is -0.570. The van der Waals surface area contributed by atoms with Gasteiger partial charge in [0.05, 0.1) is 12.7 Å². The number of fused-ring (bicyclic) bond motifs is 1. The normalized spacial score (nSPS) is 21.5. The minimum atomic E-state index is 0.176. The molecule has 1 aromatic carbocycles. The Morgan fingerprint density at radius 3 is 3.12 bits per heavy atom. The predicted molar refractivity (Wildman–Crippen MR) is 67.0 cm³/mol. The van der Waals surface area contributed by atoms with Gasteiger partial charge in [-0.15, -0.1) is 11.6 Å². The lowest BCUT2D eigenvalue weighted by atomic mass is 9.97. The van der Waals surface area contributed by atoms with Crippen molar-refractivity contribution in [1.29, 1.82) is 0 Å². The number of nitrogens with one attached hydrogen (secondary N) is 1. The molecule has 88 valence electrons. The number of hydrogen-bond donors (Lipinski definition) is 1. The van der Waals surface area contributed by atoms with Crippen molar-refractivity contribution in [2.75, 3.05) is 19.0 Å². The molecule has 2 nitrogen and oxygen atoms in total. The van der Waals surface area contributed by atoms with Gasteiger partial charge in [0.15, 0.2) is 0 Å². The molecule has 3 heteroatoms. The van der Waals surface area contributed by atoms with Crippen LogP contribution in [-0.2, 0) is 11.2 Å². The van der Waals surface area contributed by atoms with E-state index >= 15 is 0 Å². The van der Waals surface area contributed by atoms with Crippen molar-refractivity contribution in [3.05, 3.63) is 35.4 Å². The van der Waals surface area contributed by atoms with Crippen molar-refractivity contribution in [3.63, 3.8) is 0 Å². The van der Waals surface area contributed by atoms with E-state index in [1.54, 1.807) is 0 Å². The molecule has 0 spiro atoms. The van der Waals surface area contributed by atoms with Crippen molar-refractivity contribution < 1.29 is 4.74 Å². The molecule has 0 aromatic heterocycles. The maximum Gasteiger partial charge on any atom is 0.0952 e. The van der Waals surface area contributed by atoms with Gasteiger partial charge in [0.2, 0.25) is 0 Å². The lowest BCUT2D eigenvalue weighted by Gasteiger charge is -2.27. The summed E-state index contributed by atoms with van der Waals surface area (Å²) in [6, 6.07) is 8.85. The van der Waals surface area contributed by atoms with Crippen LogP contribution in [0.5, 0.6) is 0 Å². The zero-order chi connectivity index (χ0) is 11.4. The van der Waals surface area contributed by atoms with E-state index in [2.05, 4.69) is 36.5 Å². The Kier molecular flexibility index (Phi) is 4.22. The minimum absolute atomic E-state index is 0.176. The minimum Gasteiger partial charge on any atom is -0.372 e. The maximum atomic E-state index is 5.79. The second-order valence-electron chi connectivity index (χ2n) is 4.27. The topological polar surface area (TPSA) is 21.3 Å². The molecule has 2 atom stereocenters. The molecule has 2 rings (SSSR count). The number of alkyl halides is 1. The van der Waals surface area contributed by atoms with Crippen LogP contribution in [0.4, 0.5) is 0 Å². The summed E-state index contributed by atoms with van der Waals surface area (Å²) >= 11 is 5.77. The summed E-state index contributed by atoms with van der Waals surface area (Å²) in [6.07, 6.45) is 1.20. The number of halogens is 1. The van der Waals surface area contributed by atoms with Crippen molar-refractivity contribution in [3.8, 4) is 0 Å². The van der Waals surface area contributed by atoms with Crippen LogP contribution in [0.1, 0.15) is 24.2 Å². The number of hydrogen-bond acceptors (Lipinski definition) is 2. The molecular weight excluding hydrogens is 222 g/mol. The van der Waals surface area contributed by atoms with E-state index in [1.807, 2.05) is 0 Å². The summed E-state index contributed by atoms with van der Waals surface area (Å²) in [4.78, 5) is 0. The van der Waals surface area contributed by atoms with Crippen LogP contribution < -0.4 is 5.32 Å². The fourth-order valence-corrected chi connectivity index (χ4v) is 2.12. The first-order chi connectivity index (χ1) is 7.81. The fourth-order valence-electron chi connectivity index (χ4n) is 2.01. The summed E-state index contributed by atoms with van der Waals surface area (Å²) in [7, 11) is 0. The van der Waals surface area contributed by atoms with E-state index in [1.165, 1.54) is 11.1 Å². The molecule has 2 unspecified atom stereocenters. The molecular formula is C13H18ClNO. The highest BCUT2D eigenvalue weighted by molar-refractivity contribution is 6.18. The van der Waals surface area contributed by atoms with Gasteiger partial charge in [0.1, 0.15) is 0 Å². The fraction of sp³-hybridized carbons (Fsp3) is 0.538. The molecule has 16 heavy (non-hydrogen) atoms. The molecule has 1 heterocycles. The van der Waals surface area contributed by atoms with Crippen LogP contribution in [-0.4, -0.2) is 25.1 Å². The Bertz CT molecular complexity index is 342. The first-order valence-corrected chi connectivity index (χ1v) is 6.33. The van der Waals surface area contributed by atoms with Gasteiger partial charge in [-0.1, -0.05) is 24.3 Å². The summed E-state index contributed by atoms with van der Waals surface area (Å²) in [6.45, 7) is 3.74. The first kappa shape index (κ1) is 11.9. The number of benzene rings is 1. The van der Waals surface area contributed by atoms with Crippen LogP contribution in [0, 0.1) is 0 Å². The van der Waals surface area contributed by atoms with Gasteiger partial charge >= 0.3 is 0 Å². The molecule has 0 saturated heterocycles. The summed E-state index contributed by atoms with van der Waals surface area (Å²) in [5.41, 5.74) is 2.74. The SMILES string of the molecule is CC(CCl)NCC1OCCc2ccccc21. The zero-order valence-electron chi connectivity index (χ0n) is 9.58. The highest BCUT2D eigenvalue weighted by atomic mass is 35.5.